The van der Waals surface area contributed by atoms with E-state index in [1.54, 1.807) is 25.7 Å². The molecule has 3 unspecified atom stereocenters. The van der Waals surface area contributed by atoms with E-state index in [-0.39, 0.29) is 23.8 Å². The first-order chi connectivity index (χ1) is 17.7. The summed E-state index contributed by atoms with van der Waals surface area (Å²) in [5, 5.41) is 5.84. The summed E-state index contributed by atoms with van der Waals surface area (Å²) in [5.41, 5.74) is 3.73. The summed E-state index contributed by atoms with van der Waals surface area (Å²) in [7, 11) is 0. The number of para-hydroxylation sites is 1. The number of aryl methyl sites for hydroxylation is 3. The van der Waals surface area contributed by atoms with Crippen LogP contribution in [0.4, 0.5) is 10.5 Å². The van der Waals surface area contributed by atoms with Crippen LogP contribution in [-0.4, -0.2) is 40.5 Å². The highest BCUT2D eigenvalue weighted by Crippen LogP contribution is 2.29. The summed E-state index contributed by atoms with van der Waals surface area (Å²) in [6.07, 6.45) is -0.00562. The SMILES string of the molecule is CCC(C)C(NC(=O)OC(C)(C)C)C(=O)N(C(C)C)C(C(=O)Nc1ccccc1C)c1ccc(C)c(C)c1. The molecular weight excluding hydrogens is 478 g/mol. The molecule has 0 aliphatic carbocycles. The van der Waals surface area contributed by atoms with Crippen LogP contribution in [-0.2, 0) is 14.3 Å². The highest BCUT2D eigenvalue weighted by molar-refractivity contribution is 5.99. The molecule has 38 heavy (non-hydrogen) atoms. The Hall–Kier alpha value is -3.35. The van der Waals surface area contributed by atoms with E-state index in [0.717, 1.165) is 16.7 Å². The lowest BCUT2D eigenvalue weighted by Crippen LogP contribution is -2.56. The summed E-state index contributed by atoms with van der Waals surface area (Å²) < 4.78 is 5.47. The molecule has 0 saturated heterocycles. The summed E-state index contributed by atoms with van der Waals surface area (Å²) >= 11 is 0. The van der Waals surface area contributed by atoms with E-state index in [1.165, 1.54) is 0 Å². The highest BCUT2D eigenvalue weighted by Gasteiger charge is 2.39. The number of nitrogens with one attached hydrogen (secondary N) is 2. The van der Waals surface area contributed by atoms with Gasteiger partial charge < -0.3 is 20.3 Å². The minimum atomic E-state index is -0.909. The first kappa shape index (κ1) is 30.9. The first-order valence-electron chi connectivity index (χ1n) is 13.4. The Labute approximate surface area is 228 Å². The maximum atomic E-state index is 14.3. The number of nitrogens with zero attached hydrogens (tertiary/aromatic N) is 1. The van der Waals surface area contributed by atoms with Gasteiger partial charge >= 0.3 is 6.09 Å². The van der Waals surface area contributed by atoms with Crippen LogP contribution in [0, 0.1) is 26.7 Å². The molecule has 0 aromatic heterocycles. The Morgan fingerprint density at radius 3 is 2.08 bits per heavy atom. The number of benzene rings is 2. The van der Waals surface area contributed by atoms with Gasteiger partial charge in [0.05, 0.1) is 0 Å². The molecule has 0 saturated carbocycles. The molecule has 2 N–H and O–H groups in total. The van der Waals surface area contributed by atoms with E-state index in [2.05, 4.69) is 10.6 Å². The van der Waals surface area contributed by atoms with Gasteiger partial charge in [-0.3, -0.25) is 9.59 Å². The number of anilines is 1. The summed E-state index contributed by atoms with van der Waals surface area (Å²) in [6, 6.07) is 11.3. The van der Waals surface area contributed by atoms with Crippen molar-refractivity contribution < 1.29 is 19.1 Å². The van der Waals surface area contributed by atoms with Gasteiger partial charge in [0, 0.05) is 11.7 Å². The maximum absolute atomic E-state index is 14.3. The van der Waals surface area contributed by atoms with E-state index in [1.807, 2.05) is 90.9 Å². The van der Waals surface area contributed by atoms with Gasteiger partial charge in [0.25, 0.3) is 5.91 Å². The minimum absolute atomic E-state index is 0.184. The van der Waals surface area contributed by atoms with E-state index in [4.69, 9.17) is 4.74 Å². The van der Waals surface area contributed by atoms with Crippen LogP contribution in [0.25, 0.3) is 0 Å². The molecule has 0 fully saturated rings. The molecule has 3 amide bonds. The number of amides is 3. The molecule has 7 heteroatoms. The summed E-state index contributed by atoms with van der Waals surface area (Å²) in [5.74, 6) is -0.829. The van der Waals surface area contributed by atoms with Crippen molar-refractivity contribution in [3.05, 3.63) is 64.7 Å². The van der Waals surface area contributed by atoms with Crippen LogP contribution in [0.2, 0.25) is 0 Å². The topological polar surface area (TPSA) is 87.7 Å². The molecule has 0 aliphatic heterocycles. The second-order valence-corrected chi connectivity index (χ2v) is 11.4. The molecule has 2 aromatic rings. The van der Waals surface area contributed by atoms with Crippen molar-refractivity contribution in [2.45, 2.75) is 99.4 Å². The number of rotatable bonds is 9. The number of alkyl carbamates (subject to hydrolysis) is 1. The number of hydrogen-bond donors (Lipinski definition) is 2. The van der Waals surface area contributed by atoms with Crippen molar-refractivity contribution in [2.24, 2.45) is 5.92 Å². The Bertz CT molecular complexity index is 1140. The van der Waals surface area contributed by atoms with Crippen LogP contribution < -0.4 is 10.6 Å². The molecular formula is C31H45N3O4. The smallest absolute Gasteiger partial charge is 0.408 e. The van der Waals surface area contributed by atoms with Gasteiger partial charge in [0.15, 0.2) is 0 Å². The van der Waals surface area contributed by atoms with Gasteiger partial charge in [0.1, 0.15) is 17.7 Å². The number of ether oxygens (including phenoxy) is 1. The average Bonchev–Trinajstić information content (AvgIpc) is 2.82. The largest absolute Gasteiger partial charge is 0.444 e. The van der Waals surface area contributed by atoms with Gasteiger partial charge in [-0.25, -0.2) is 4.79 Å². The molecule has 0 aliphatic rings. The average molecular weight is 524 g/mol. The van der Waals surface area contributed by atoms with Crippen LogP contribution in [0.3, 0.4) is 0 Å². The molecule has 7 nitrogen and oxygen atoms in total. The van der Waals surface area contributed by atoms with E-state index in [0.29, 0.717) is 17.7 Å². The lowest BCUT2D eigenvalue weighted by molar-refractivity contribution is -0.144. The number of carbonyl (C=O) groups excluding carboxylic acids is 3. The molecule has 0 radical (unpaired) electrons. The van der Waals surface area contributed by atoms with Crippen molar-refractivity contribution in [1.82, 2.24) is 10.2 Å². The second kappa shape index (κ2) is 12.9. The Balaban J connectivity index is 2.58. The number of hydrogen-bond acceptors (Lipinski definition) is 4. The monoisotopic (exact) mass is 523 g/mol. The van der Waals surface area contributed by atoms with Gasteiger partial charge in [-0.2, -0.15) is 0 Å². The quantitative estimate of drug-likeness (QED) is 0.394. The molecule has 0 bridgehead atoms. The Morgan fingerprint density at radius 1 is 0.921 bits per heavy atom. The van der Waals surface area contributed by atoms with E-state index in [9.17, 15) is 14.4 Å². The van der Waals surface area contributed by atoms with E-state index < -0.39 is 23.8 Å². The van der Waals surface area contributed by atoms with Crippen LogP contribution >= 0.6 is 0 Å². The van der Waals surface area contributed by atoms with Crippen molar-refractivity contribution in [2.75, 3.05) is 5.32 Å². The van der Waals surface area contributed by atoms with Crippen LogP contribution in [0.1, 0.15) is 83.2 Å². The van der Waals surface area contributed by atoms with Gasteiger partial charge in [0.2, 0.25) is 5.91 Å². The van der Waals surface area contributed by atoms with Crippen molar-refractivity contribution in [3.8, 4) is 0 Å². The fourth-order valence-corrected chi connectivity index (χ4v) is 4.25. The zero-order valence-electron chi connectivity index (χ0n) is 24.6. The molecule has 0 heterocycles. The van der Waals surface area contributed by atoms with Crippen molar-refractivity contribution in [1.29, 1.82) is 0 Å². The van der Waals surface area contributed by atoms with Crippen molar-refractivity contribution >= 4 is 23.6 Å². The normalized spacial score (nSPS) is 13.9. The Kier molecular flexibility index (Phi) is 10.5. The fourth-order valence-electron chi connectivity index (χ4n) is 4.25. The third-order valence-electron chi connectivity index (χ3n) is 6.74. The second-order valence-electron chi connectivity index (χ2n) is 11.4. The summed E-state index contributed by atoms with van der Waals surface area (Å²) in [4.78, 5) is 42.5. The summed E-state index contributed by atoms with van der Waals surface area (Å²) in [6.45, 7) is 18.9. The van der Waals surface area contributed by atoms with Gasteiger partial charge in [-0.1, -0.05) is 56.7 Å². The molecule has 208 valence electrons. The maximum Gasteiger partial charge on any atom is 0.408 e. The predicted octanol–water partition coefficient (Wildman–Crippen LogP) is 6.47. The van der Waals surface area contributed by atoms with E-state index >= 15 is 0 Å². The minimum Gasteiger partial charge on any atom is -0.444 e. The molecule has 3 atom stereocenters. The predicted molar refractivity (Wildman–Crippen MR) is 153 cm³/mol. The number of carbonyl (C=O) groups is 3. The lowest BCUT2D eigenvalue weighted by Gasteiger charge is -2.38. The van der Waals surface area contributed by atoms with Gasteiger partial charge in [-0.15, -0.1) is 0 Å². The molecule has 2 rings (SSSR count). The standard InChI is InChI=1S/C31H45N3O4/c1-11-20(4)26(33-30(37)38-31(8,9)10)29(36)34(19(2)3)27(24-17-16-21(5)23(7)18-24)28(35)32-25-15-13-12-14-22(25)6/h12-20,26-27H,11H2,1-10H3,(H,32,35)(H,33,37). The first-order valence-corrected chi connectivity index (χ1v) is 13.4. The Morgan fingerprint density at radius 2 is 1.55 bits per heavy atom. The highest BCUT2D eigenvalue weighted by atomic mass is 16.6. The molecule has 2 aromatic carbocycles. The van der Waals surface area contributed by atoms with Crippen molar-refractivity contribution in [3.63, 3.8) is 0 Å². The third-order valence-corrected chi connectivity index (χ3v) is 6.74. The van der Waals surface area contributed by atoms with Gasteiger partial charge in [-0.05, 0) is 89.6 Å². The van der Waals surface area contributed by atoms with Crippen LogP contribution in [0.15, 0.2) is 42.5 Å². The third kappa shape index (κ3) is 8.07. The lowest BCUT2D eigenvalue weighted by atomic mass is 9.93. The zero-order valence-corrected chi connectivity index (χ0v) is 24.6. The fraction of sp³-hybridized carbons (Fsp3) is 0.516. The zero-order chi connectivity index (χ0) is 28.8. The molecule has 0 spiro atoms. The van der Waals surface area contributed by atoms with Crippen LogP contribution in [0.5, 0.6) is 0 Å².